The number of carbonyl (C=O) groups excluding carboxylic acids is 1. The van der Waals surface area contributed by atoms with Gasteiger partial charge in [-0.1, -0.05) is 18.2 Å². The highest BCUT2D eigenvalue weighted by Gasteiger charge is 2.26. The van der Waals surface area contributed by atoms with E-state index in [4.69, 9.17) is 0 Å². The summed E-state index contributed by atoms with van der Waals surface area (Å²) in [6.45, 7) is 4.54. The first-order valence-corrected chi connectivity index (χ1v) is 11.3. The van der Waals surface area contributed by atoms with Crippen LogP contribution in [0.2, 0.25) is 0 Å². The second-order valence-corrected chi connectivity index (χ2v) is 8.34. The van der Waals surface area contributed by atoms with Crippen LogP contribution >= 0.6 is 0 Å². The van der Waals surface area contributed by atoms with Crippen LogP contribution in [-0.4, -0.2) is 51.5 Å². The van der Waals surface area contributed by atoms with Crippen molar-refractivity contribution in [3.8, 4) is 11.3 Å². The van der Waals surface area contributed by atoms with E-state index in [1.807, 2.05) is 18.2 Å². The van der Waals surface area contributed by atoms with Crippen molar-refractivity contribution in [3.63, 3.8) is 0 Å². The first-order chi connectivity index (χ1) is 17.1. The van der Waals surface area contributed by atoms with E-state index in [1.54, 1.807) is 42.9 Å². The van der Waals surface area contributed by atoms with Gasteiger partial charge < -0.3 is 15.1 Å². The maximum atomic E-state index is 13.4. The number of amides is 1. The molecule has 0 bridgehead atoms. The average Bonchev–Trinajstić information content (AvgIpc) is 2.90. The van der Waals surface area contributed by atoms with Crippen molar-refractivity contribution in [1.29, 1.82) is 0 Å². The number of nitrogens with one attached hydrogen (secondary N) is 1. The van der Waals surface area contributed by atoms with Crippen molar-refractivity contribution in [2.24, 2.45) is 0 Å². The summed E-state index contributed by atoms with van der Waals surface area (Å²) >= 11 is 0. The lowest BCUT2D eigenvalue weighted by molar-refractivity contribution is 0.102. The van der Waals surface area contributed by atoms with Crippen molar-refractivity contribution in [3.05, 3.63) is 90.8 Å². The van der Waals surface area contributed by atoms with Gasteiger partial charge >= 0.3 is 0 Å². The number of hydrogen-bond acceptors (Lipinski definition) is 7. The minimum atomic E-state index is -0.334. The molecule has 1 atom stereocenters. The van der Waals surface area contributed by atoms with E-state index >= 15 is 0 Å². The lowest BCUT2D eigenvalue weighted by Crippen LogP contribution is -2.53. The zero-order chi connectivity index (χ0) is 24.2. The van der Waals surface area contributed by atoms with Gasteiger partial charge in [0.25, 0.3) is 5.91 Å². The molecular formula is C26H24FN7O. The summed E-state index contributed by atoms with van der Waals surface area (Å²) in [6, 6.07) is 15.6. The van der Waals surface area contributed by atoms with Crippen LogP contribution in [0.3, 0.4) is 0 Å². The van der Waals surface area contributed by atoms with Gasteiger partial charge in [-0.25, -0.2) is 19.3 Å². The van der Waals surface area contributed by atoms with E-state index < -0.39 is 0 Å². The lowest BCUT2D eigenvalue weighted by atomic mass is 10.1. The predicted molar refractivity (Wildman–Crippen MR) is 133 cm³/mol. The van der Waals surface area contributed by atoms with Crippen molar-refractivity contribution in [2.45, 2.75) is 13.0 Å². The predicted octanol–water partition coefficient (Wildman–Crippen LogP) is 4.04. The molecule has 9 heteroatoms. The maximum absolute atomic E-state index is 13.4. The molecular weight excluding hydrogens is 445 g/mol. The molecule has 0 radical (unpaired) electrons. The Morgan fingerprint density at radius 2 is 1.83 bits per heavy atom. The summed E-state index contributed by atoms with van der Waals surface area (Å²) in [6.07, 6.45) is 6.48. The molecule has 1 aromatic carbocycles. The Kier molecular flexibility index (Phi) is 6.30. The fourth-order valence-corrected chi connectivity index (χ4v) is 4.09. The molecule has 35 heavy (non-hydrogen) atoms. The summed E-state index contributed by atoms with van der Waals surface area (Å²) < 4.78 is 13.4. The lowest BCUT2D eigenvalue weighted by Gasteiger charge is -2.40. The number of benzene rings is 1. The number of carbonyl (C=O) groups is 1. The Labute approximate surface area is 202 Å². The molecule has 4 aromatic rings. The number of halogens is 1. The quantitative estimate of drug-likeness (QED) is 0.472. The maximum Gasteiger partial charge on any atom is 0.257 e. The minimum Gasteiger partial charge on any atom is -0.353 e. The third-order valence-electron chi connectivity index (χ3n) is 5.90. The first kappa shape index (κ1) is 22.4. The third-order valence-corrected chi connectivity index (χ3v) is 5.90. The van der Waals surface area contributed by atoms with E-state index in [0.29, 0.717) is 28.5 Å². The fourth-order valence-electron chi connectivity index (χ4n) is 4.09. The minimum absolute atomic E-state index is 0.203. The summed E-state index contributed by atoms with van der Waals surface area (Å²) in [5, 5.41) is 2.80. The highest BCUT2D eigenvalue weighted by atomic mass is 19.1. The summed E-state index contributed by atoms with van der Waals surface area (Å²) in [5.74, 6) is 0.935. The van der Waals surface area contributed by atoms with Crippen LogP contribution in [0.4, 0.5) is 21.8 Å². The van der Waals surface area contributed by atoms with Crippen LogP contribution in [0.5, 0.6) is 0 Å². The number of piperazine rings is 1. The van der Waals surface area contributed by atoms with Gasteiger partial charge in [0.2, 0.25) is 5.95 Å². The van der Waals surface area contributed by atoms with Gasteiger partial charge in [-0.15, -0.1) is 0 Å². The number of anilines is 3. The van der Waals surface area contributed by atoms with Gasteiger partial charge in [-0.2, -0.15) is 0 Å². The molecule has 5 rings (SSSR count). The molecule has 1 aliphatic rings. The molecule has 176 valence electrons. The number of pyridine rings is 2. The van der Waals surface area contributed by atoms with Crippen LogP contribution in [0.25, 0.3) is 11.3 Å². The molecule has 3 aromatic heterocycles. The molecule has 1 fully saturated rings. The summed E-state index contributed by atoms with van der Waals surface area (Å²) in [5.41, 5.74) is 2.11. The van der Waals surface area contributed by atoms with Crippen molar-refractivity contribution < 1.29 is 9.18 Å². The number of nitrogens with zero attached hydrogens (tertiary/aromatic N) is 6. The van der Waals surface area contributed by atoms with Gasteiger partial charge in [-0.05, 0) is 43.3 Å². The van der Waals surface area contributed by atoms with Gasteiger partial charge in [0.1, 0.15) is 11.6 Å². The molecule has 0 aliphatic carbocycles. The molecule has 1 amide bonds. The molecule has 1 aliphatic heterocycles. The van der Waals surface area contributed by atoms with Crippen molar-refractivity contribution in [2.75, 3.05) is 34.8 Å². The zero-order valence-corrected chi connectivity index (χ0v) is 19.2. The Morgan fingerprint density at radius 1 is 0.971 bits per heavy atom. The normalized spacial score (nSPS) is 15.7. The van der Waals surface area contributed by atoms with Crippen molar-refractivity contribution >= 4 is 23.4 Å². The monoisotopic (exact) mass is 469 g/mol. The molecule has 8 nitrogen and oxygen atoms in total. The Bertz CT molecular complexity index is 1300. The molecule has 1 saturated heterocycles. The highest BCUT2D eigenvalue weighted by Crippen LogP contribution is 2.21. The number of hydrogen-bond donors (Lipinski definition) is 1. The van der Waals surface area contributed by atoms with Gasteiger partial charge in [0.05, 0.1) is 29.3 Å². The Balaban J connectivity index is 1.20. The summed E-state index contributed by atoms with van der Waals surface area (Å²) in [7, 11) is 0. The topological polar surface area (TPSA) is 87.1 Å². The van der Waals surface area contributed by atoms with E-state index in [0.717, 1.165) is 25.5 Å². The number of rotatable bonds is 5. The van der Waals surface area contributed by atoms with Crippen LogP contribution < -0.4 is 15.1 Å². The highest BCUT2D eigenvalue weighted by molar-refractivity contribution is 6.04. The van der Waals surface area contributed by atoms with Gasteiger partial charge in [-0.3, -0.25) is 9.78 Å². The van der Waals surface area contributed by atoms with Gasteiger partial charge in [0.15, 0.2) is 0 Å². The van der Waals surface area contributed by atoms with Crippen molar-refractivity contribution in [1.82, 2.24) is 19.9 Å². The molecule has 0 saturated carbocycles. The Hall–Kier alpha value is -4.40. The smallest absolute Gasteiger partial charge is 0.257 e. The van der Waals surface area contributed by atoms with E-state index in [-0.39, 0.29) is 17.8 Å². The first-order valence-electron chi connectivity index (χ1n) is 11.3. The molecule has 0 unspecified atom stereocenters. The second kappa shape index (κ2) is 9.84. The molecule has 1 N–H and O–H groups in total. The average molecular weight is 470 g/mol. The zero-order valence-electron chi connectivity index (χ0n) is 19.2. The van der Waals surface area contributed by atoms with E-state index in [1.165, 1.54) is 18.3 Å². The number of aromatic nitrogens is 4. The fraction of sp³-hybridized carbons (Fsp3) is 0.192. The third kappa shape index (κ3) is 5.08. The molecule has 4 heterocycles. The summed E-state index contributed by atoms with van der Waals surface area (Å²) in [4.78, 5) is 34.7. The Morgan fingerprint density at radius 3 is 2.51 bits per heavy atom. The van der Waals surface area contributed by atoms with Crippen LogP contribution in [0.15, 0.2) is 79.4 Å². The molecule has 0 spiro atoms. The van der Waals surface area contributed by atoms with Crippen LogP contribution in [0, 0.1) is 5.82 Å². The SMILES string of the molecule is C[C@H]1CN(c2ccccn2)CCN1c1ncc(NC(=O)c2ccc(-c3cccc(F)c3)nc2)cn1. The van der Waals surface area contributed by atoms with E-state index in [9.17, 15) is 9.18 Å². The van der Waals surface area contributed by atoms with Crippen LogP contribution in [-0.2, 0) is 0 Å². The second-order valence-electron chi connectivity index (χ2n) is 8.34. The largest absolute Gasteiger partial charge is 0.353 e. The van der Waals surface area contributed by atoms with Gasteiger partial charge in [0, 0.05) is 43.6 Å². The van der Waals surface area contributed by atoms with E-state index in [2.05, 4.69) is 42.0 Å². The standard InChI is InChI=1S/C26H24FN7O/c1-18-17-33(24-7-2-3-10-28-24)11-12-34(18)26-30-15-22(16-31-26)32-25(35)20-8-9-23(29-14-20)19-5-4-6-21(27)13-19/h2-10,13-16,18H,11-12,17H2,1H3,(H,32,35)/t18-/m0/s1. The van der Waals surface area contributed by atoms with Crippen LogP contribution in [0.1, 0.15) is 17.3 Å².